The first kappa shape index (κ1) is 13.4. The molecule has 0 fully saturated rings. The summed E-state index contributed by atoms with van der Waals surface area (Å²) in [5, 5.41) is 5.56. The normalized spacial score (nSPS) is 12.3. The third-order valence-corrected chi connectivity index (χ3v) is 3.35. The number of hydrogen-bond acceptors (Lipinski definition) is 1. The summed E-state index contributed by atoms with van der Waals surface area (Å²) in [6, 6.07) is 6.02. The fraction of sp³-hybridized carbons (Fsp3) is 0.467. The minimum absolute atomic E-state index is 0.164. The van der Waals surface area contributed by atoms with Crippen LogP contribution in [0.15, 0.2) is 18.2 Å². The van der Waals surface area contributed by atoms with E-state index in [9.17, 15) is 0 Å². The van der Waals surface area contributed by atoms with Gasteiger partial charge >= 0.3 is 0 Å². The second kappa shape index (κ2) is 4.94. The third-order valence-electron chi connectivity index (χ3n) is 3.11. The van der Waals surface area contributed by atoms with Gasteiger partial charge in [-0.1, -0.05) is 11.6 Å². The number of halogens is 1. The van der Waals surface area contributed by atoms with Gasteiger partial charge in [0.25, 0.3) is 0 Å². The highest BCUT2D eigenvalue weighted by Crippen LogP contribution is 2.25. The molecule has 1 aromatic heterocycles. The Labute approximate surface area is 114 Å². The molecular weight excluding hydrogens is 244 g/mol. The van der Waals surface area contributed by atoms with Gasteiger partial charge in [-0.15, -0.1) is 0 Å². The lowest BCUT2D eigenvalue weighted by Crippen LogP contribution is -2.37. The van der Waals surface area contributed by atoms with Crippen molar-refractivity contribution in [3.05, 3.63) is 34.5 Å². The molecule has 0 spiro atoms. The van der Waals surface area contributed by atoms with E-state index in [-0.39, 0.29) is 5.54 Å². The van der Waals surface area contributed by atoms with Gasteiger partial charge in [0.1, 0.15) is 0 Å². The Bertz CT molecular complexity index is 549. The van der Waals surface area contributed by atoms with Crippen LogP contribution >= 0.6 is 11.6 Å². The number of fused-ring (bicyclic) bond motifs is 1. The Morgan fingerprint density at radius 1 is 1.28 bits per heavy atom. The van der Waals surface area contributed by atoms with Crippen LogP contribution in [0.25, 0.3) is 10.9 Å². The van der Waals surface area contributed by atoms with Crippen molar-refractivity contribution < 1.29 is 0 Å². The molecule has 2 aromatic rings. The summed E-state index contributed by atoms with van der Waals surface area (Å²) in [5.74, 6) is 0. The van der Waals surface area contributed by atoms with Gasteiger partial charge in [-0.3, -0.25) is 0 Å². The highest BCUT2D eigenvalue weighted by Gasteiger charge is 2.11. The maximum absolute atomic E-state index is 6.08. The molecule has 0 radical (unpaired) electrons. The van der Waals surface area contributed by atoms with Crippen molar-refractivity contribution in [2.45, 2.75) is 39.7 Å². The Kier molecular flexibility index (Phi) is 3.69. The molecule has 0 aliphatic carbocycles. The molecule has 2 rings (SSSR count). The third kappa shape index (κ3) is 3.06. The van der Waals surface area contributed by atoms with Gasteiger partial charge in [-0.2, -0.15) is 0 Å². The molecule has 0 atom stereocenters. The van der Waals surface area contributed by atoms with Crippen LogP contribution in [0.4, 0.5) is 0 Å². The first-order chi connectivity index (χ1) is 8.37. The summed E-state index contributed by atoms with van der Waals surface area (Å²) in [7, 11) is 0. The summed E-state index contributed by atoms with van der Waals surface area (Å²) in [5.41, 5.74) is 3.94. The lowest BCUT2D eigenvalue weighted by molar-refractivity contribution is 0.429. The molecule has 1 aromatic carbocycles. The van der Waals surface area contributed by atoms with Crippen molar-refractivity contribution in [2.75, 3.05) is 6.54 Å². The molecule has 0 bridgehead atoms. The van der Waals surface area contributed by atoms with Crippen LogP contribution in [0, 0.1) is 6.92 Å². The summed E-state index contributed by atoms with van der Waals surface area (Å²) in [6.45, 7) is 9.66. The minimum Gasteiger partial charge on any atom is -0.358 e. The number of H-pyrrole nitrogens is 1. The Morgan fingerprint density at radius 3 is 2.67 bits per heavy atom. The molecule has 0 unspecified atom stereocenters. The predicted molar refractivity (Wildman–Crippen MR) is 79.5 cm³/mol. The van der Waals surface area contributed by atoms with Crippen LogP contribution in [-0.2, 0) is 6.42 Å². The second-order valence-corrected chi connectivity index (χ2v) is 6.28. The highest BCUT2D eigenvalue weighted by molar-refractivity contribution is 6.31. The standard InChI is InChI=1S/C15H21ClN2/c1-10-12(7-8-17-15(2,3)4)13-9-11(16)5-6-14(13)18-10/h5-6,9,17-18H,7-8H2,1-4H3. The Balaban J connectivity index is 2.22. The first-order valence-corrected chi connectivity index (χ1v) is 6.76. The van der Waals surface area contributed by atoms with Crippen molar-refractivity contribution in [3.8, 4) is 0 Å². The Morgan fingerprint density at radius 2 is 2.00 bits per heavy atom. The number of rotatable bonds is 3. The molecule has 0 saturated carbocycles. The highest BCUT2D eigenvalue weighted by atomic mass is 35.5. The van der Waals surface area contributed by atoms with Crippen molar-refractivity contribution >= 4 is 22.5 Å². The van der Waals surface area contributed by atoms with Crippen LogP contribution in [-0.4, -0.2) is 17.1 Å². The van der Waals surface area contributed by atoms with E-state index < -0.39 is 0 Å². The molecular formula is C15H21ClN2. The zero-order valence-corrected chi connectivity index (χ0v) is 12.3. The quantitative estimate of drug-likeness (QED) is 0.860. The maximum Gasteiger partial charge on any atom is 0.0459 e. The molecule has 0 saturated heterocycles. The molecule has 3 heteroatoms. The van der Waals surface area contributed by atoms with Gasteiger partial charge in [0, 0.05) is 27.2 Å². The van der Waals surface area contributed by atoms with Crippen LogP contribution < -0.4 is 5.32 Å². The fourth-order valence-corrected chi connectivity index (χ4v) is 2.41. The fourth-order valence-electron chi connectivity index (χ4n) is 2.24. The molecule has 0 aliphatic rings. The number of aryl methyl sites for hydroxylation is 1. The summed E-state index contributed by atoms with van der Waals surface area (Å²) < 4.78 is 0. The van der Waals surface area contributed by atoms with E-state index in [0.29, 0.717) is 0 Å². The van der Waals surface area contributed by atoms with Crippen LogP contribution in [0.5, 0.6) is 0 Å². The topological polar surface area (TPSA) is 27.8 Å². The van der Waals surface area contributed by atoms with Gasteiger partial charge in [-0.25, -0.2) is 0 Å². The molecule has 2 N–H and O–H groups in total. The van der Waals surface area contributed by atoms with Crippen molar-refractivity contribution in [3.63, 3.8) is 0 Å². The van der Waals surface area contributed by atoms with E-state index in [4.69, 9.17) is 11.6 Å². The maximum atomic E-state index is 6.08. The van der Waals surface area contributed by atoms with Crippen molar-refractivity contribution in [1.82, 2.24) is 10.3 Å². The van der Waals surface area contributed by atoms with Crippen molar-refractivity contribution in [2.24, 2.45) is 0 Å². The Hall–Kier alpha value is -0.990. The molecule has 1 heterocycles. The molecule has 98 valence electrons. The van der Waals surface area contributed by atoms with Crippen LogP contribution in [0.2, 0.25) is 5.02 Å². The number of nitrogens with one attached hydrogen (secondary N) is 2. The summed E-state index contributed by atoms with van der Waals surface area (Å²) in [6.07, 6.45) is 1.02. The number of aromatic nitrogens is 1. The van der Waals surface area contributed by atoms with Crippen molar-refractivity contribution in [1.29, 1.82) is 0 Å². The predicted octanol–water partition coefficient (Wildman–Crippen LogP) is 4.06. The van der Waals surface area contributed by atoms with E-state index in [1.54, 1.807) is 0 Å². The van der Waals surface area contributed by atoms with E-state index in [2.05, 4.69) is 38.0 Å². The van der Waals surface area contributed by atoms with E-state index >= 15 is 0 Å². The van der Waals surface area contributed by atoms with Crippen LogP contribution in [0.1, 0.15) is 32.0 Å². The molecule has 18 heavy (non-hydrogen) atoms. The average Bonchev–Trinajstić information content (AvgIpc) is 2.54. The monoisotopic (exact) mass is 264 g/mol. The van der Waals surface area contributed by atoms with Gasteiger partial charge in [0.05, 0.1) is 0 Å². The zero-order valence-electron chi connectivity index (χ0n) is 11.5. The van der Waals surface area contributed by atoms with Gasteiger partial charge in [0.15, 0.2) is 0 Å². The lowest BCUT2D eigenvalue weighted by atomic mass is 10.1. The zero-order chi connectivity index (χ0) is 13.3. The van der Waals surface area contributed by atoms with E-state index in [1.807, 2.05) is 18.2 Å². The SMILES string of the molecule is Cc1[nH]c2ccc(Cl)cc2c1CCNC(C)(C)C. The minimum atomic E-state index is 0.164. The van der Waals surface area contributed by atoms with Gasteiger partial charge in [0.2, 0.25) is 0 Å². The number of benzene rings is 1. The molecule has 2 nitrogen and oxygen atoms in total. The van der Waals surface area contributed by atoms with Gasteiger partial charge in [-0.05, 0) is 64.4 Å². The molecule has 0 amide bonds. The van der Waals surface area contributed by atoms with Crippen LogP contribution in [0.3, 0.4) is 0 Å². The first-order valence-electron chi connectivity index (χ1n) is 6.38. The summed E-state index contributed by atoms with van der Waals surface area (Å²) in [4.78, 5) is 3.42. The van der Waals surface area contributed by atoms with E-state index in [1.165, 1.54) is 22.2 Å². The summed E-state index contributed by atoms with van der Waals surface area (Å²) >= 11 is 6.08. The smallest absolute Gasteiger partial charge is 0.0459 e. The van der Waals surface area contributed by atoms with E-state index in [0.717, 1.165) is 18.0 Å². The number of hydrogen-bond donors (Lipinski definition) is 2. The molecule has 0 aliphatic heterocycles. The second-order valence-electron chi connectivity index (χ2n) is 5.85. The van der Waals surface area contributed by atoms with Gasteiger partial charge < -0.3 is 10.3 Å². The largest absolute Gasteiger partial charge is 0.358 e. The number of aromatic amines is 1. The lowest BCUT2D eigenvalue weighted by Gasteiger charge is -2.20. The average molecular weight is 265 g/mol.